The van der Waals surface area contributed by atoms with Crippen LogP contribution in [0.15, 0.2) is 0 Å². The summed E-state index contributed by atoms with van der Waals surface area (Å²) < 4.78 is 4.76. The number of ether oxygens (including phenoxy) is 1. The molecule has 3 heteroatoms. The Hall–Kier alpha value is -0.570. The molecule has 0 aliphatic heterocycles. The fourth-order valence-electron chi connectivity index (χ4n) is 0.561. The standard InChI is InChI=1S/C6H13NO2/c1-4-7(5-9-3)6(2)8/h4-5H2,1-3H3. The fraction of sp³-hybridized carbons (Fsp3) is 0.833. The minimum atomic E-state index is 0.0550. The van der Waals surface area contributed by atoms with Gasteiger partial charge >= 0.3 is 0 Å². The molecule has 0 saturated heterocycles. The normalized spacial score (nSPS) is 9.22. The van der Waals surface area contributed by atoms with Crippen LogP contribution in [0, 0.1) is 0 Å². The molecule has 0 aromatic rings. The molecule has 0 N–H and O–H groups in total. The molecule has 0 aliphatic carbocycles. The van der Waals surface area contributed by atoms with Crippen molar-refractivity contribution in [2.45, 2.75) is 13.8 Å². The monoisotopic (exact) mass is 131 g/mol. The fourth-order valence-corrected chi connectivity index (χ4v) is 0.561. The molecule has 0 atom stereocenters. The van der Waals surface area contributed by atoms with E-state index in [0.29, 0.717) is 13.3 Å². The quantitative estimate of drug-likeness (QED) is 0.521. The molecule has 0 heterocycles. The SMILES string of the molecule is CCN(COC)C(C)=O. The largest absolute Gasteiger partial charge is 0.364 e. The van der Waals surface area contributed by atoms with Gasteiger partial charge in [-0.3, -0.25) is 4.79 Å². The van der Waals surface area contributed by atoms with Crippen LogP contribution in [0.25, 0.3) is 0 Å². The third-order valence-corrected chi connectivity index (χ3v) is 1.11. The average molecular weight is 131 g/mol. The first kappa shape index (κ1) is 8.43. The molecule has 0 aromatic heterocycles. The molecule has 0 rings (SSSR count). The van der Waals surface area contributed by atoms with E-state index >= 15 is 0 Å². The van der Waals surface area contributed by atoms with E-state index in [0.717, 1.165) is 0 Å². The Kier molecular flexibility index (Phi) is 4.05. The summed E-state index contributed by atoms with van der Waals surface area (Å²) in [5.41, 5.74) is 0. The van der Waals surface area contributed by atoms with E-state index < -0.39 is 0 Å². The molecule has 0 fully saturated rings. The molecule has 0 bridgehead atoms. The van der Waals surface area contributed by atoms with Crippen LogP contribution in [0.5, 0.6) is 0 Å². The van der Waals surface area contributed by atoms with Gasteiger partial charge in [0, 0.05) is 20.6 Å². The zero-order valence-electron chi connectivity index (χ0n) is 6.18. The van der Waals surface area contributed by atoms with Crippen molar-refractivity contribution in [3.63, 3.8) is 0 Å². The average Bonchev–Trinajstić information content (AvgIpc) is 1.82. The van der Waals surface area contributed by atoms with Crippen LogP contribution in [0.4, 0.5) is 0 Å². The van der Waals surface area contributed by atoms with Gasteiger partial charge in [0.1, 0.15) is 6.73 Å². The predicted molar refractivity (Wildman–Crippen MR) is 34.9 cm³/mol. The van der Waals surface area contributed by atoms with Crippen molar-refractivity contribution in [2.75, 3.05) is 20.4 Å². The summed E-state index contributed by atoms with van der Waals surface area (Å²) in [6, 6.07) is 0. The second kappa shape index (κ2) is 4.32. The summed E-state index contributed by atoms with van der Waals surface area (Å²) in [7, 11) is 1.58. The van der Waals surface area contributed by atoms with Crippen LogP contribution in [-0.4, -0.2) is 31.2 Å². The van der Waals surface area contributed by atoms with Gasteiger partial charge in [0.15, 0.2) is 0 Å². The third-order valence-electron chi connectivity index (χ3n) is 1.11. The van der Waals surface area contributed by atoms with E-state index in [2.05, 4.69) is 0 Å². The highest BCUT2D eigenvalue weighted by molar-refractivity contribution is 5.72. The first-order valence-corrected chi connectivity index (χ1v) is 2.96. The Morgan fingerprint density at radius 2 is 2.22 bits per heavy atom. The molecule has 0 unspecified atom stereocenters. The summed E-state index contributed by atoms with van der Waals surface area (Å²) in [5, 5.41) is 0. The lowest BCUT2D eigenvalue weighted by Crippen LogP contribution is -2.30. The summed E-state index contributed by atoms with van der Waals surface area (Å²) in [6.07, 6.45) is 0. The molecule has 0 saturated carbocycles. The zero-order chi connectivity index (χ0) is 7.28. The van der Waals surface area contributed by atoms with E-state index in [1.165, 1.54) is 6.92 Å². The van der Waals surface area contributed by atoms with E-state index in [4.69, 9.17) is 4.74 Å². The molecule has 54 valence electrons. The summed E-state index contributed by atoms with van der Waals surface area (Å²) in [6.45, 7) is 4.55. The third kappa shape index (κ3) is 3.08. The topological polar surface area (TPSA) is 29.5 Å². The molecule has 0 aliphatic rings. The molecular weight excluding hydrogens is 118 g/mol. The first-order valence-electron chi connectivity index (χ1n) is 2.96. The minimum absolute atomic E-state index is 0.0550. The molecule has 0 aromatic carbocycles. The molecule has 1 amide bonds. The number of nitrogens with zero attached hydrogens (tertiary/aromatic N) is 1. The molecule has 9 heavy (non-hydrogen) atoms. The Labute approximate surface area is 55.6 Å². The van der Waals surface area contributed by atoms with Gasteiger partial charge in [-0.05, 0) is 6.92 Å². The van der Waals surface area contributed by atoms with Crippen molar-refractivity contribution in [3.8, 4) is 0 Å². The molecular formula is C6H13NO2. The lowest BCUT2D eigenvalue weighted by molar-refractivity contribution is -0.133. The van der Waals surface area contributed by atoms with Crippen LogP contribution < -0.4 is 0 Å². The highest BCUT2D eigenvalue weighted by Crippen LogP contribution is 1.86. The van der Waals surface area contributed by atoms with E-state index in [1.807, 2.05) is 6.92 Å². The number of methoxy groups -OCH3 is 1. The van der Waals surface area contributed by atoms with Crippen molar-refractivity contribution in [3.05, 3.63) is 0 Å². The number of carbonyl (C=O) groups is 1. The molecule has 0 spiro atoms. The number of hydrogen-bond donors (Lipinski definition) is 0. The van der Waals surface area contributed by atoms with Crippen LogP contribution in [0.1, 0.15) is 13.8 Å². The van der Waals surface area contributed by atoms with Gasteiger partial charge in [-0.1, -0.05) is 0 Å². The van der Waals surface area contributed by atoms with Crippen molar-refractivity contribution in [2.24, 2.45) is 0 Å². The summed E-state index contributed by atoms with van der Waals surface area (Å²) in [4.78, 5) is 12.2. The van der Waals surface area contributed by atoms with E-state index in [9.17, 15) is 4.79 Å². The Balaban J connectivity index is 3.54. The number of rotatable bonds is 3. The van der Waals surface area contributed by atoms with Gasteiger partial charge in [0.05, 0.1) is 0 Å². The van der Waals surface area contributed by atoms with E-state index in [-0.39, 0.29) is 5.91 Å². The summed E-state index contributed by atoms with van der Waals surface area (Å²) >= 11 is 0. The maximum absolute atomic E-state index is 10.6. The number of amides is 1. The summed E-state index contributed by atoms with van der Waals surface area (Å²) in [5.74, 6) is 0.0550. The van der Waals surface area contributed by atoms with Crippen molar-refractivity contribution >= 4 is 5.91 Å². The molecule has 0 radical (unpaired) electrons. The van der Waals surface area contributed by atoms with Crippen molar-refractivity contribution < 1.29 is 9.53 Å². The first-order chi connectivity index (χ1) is 4.22. The number of carbonyl (C=O) groups excluding carboxylic acids is 1. The van der Waals surface area contributed by atoms with Crippen molar-refractivity contribution in [1.82, 2.24) is 4.90 Å². The smallest absolute Gasteiger partial charge is 0.221 e. The van der Waals surface area contributed by atoms with Crippen LogP contribution in [0.2, 0.25) is 0 Å². The molecule has 3 nitrogen and oxygen atoms in total. The second-order valence-corrected chi connectivity index (χ2v) is 1.79. The van der Waals surface area contributed by atoms with Crippen molar-refractivity contribution in [1.29, 1.82) is 0 Å². The van der Waals surface area contributed by atoms with Gasteiger partial charge < -0.3 is 9.64 Å². The van der Waals surface area contributed by atoms with Crippen LogP contribution in [-0.2, 0) is 9.53 Å². The number of hydrogen-bond acceptors (Lipinski definition) is 2. The van der Waals surface area contributed by atoms with Crippen LogP contribution in [0.3, 0.4) is 0 Å². The minimum Gasteiger partial charge on any atom is -0.364 e. The lowest BCUT2D eigenvalue weighted by Gasteiger charge is -2.16. The Morgan fingerprint density at radius 3 is 2.33 bits per heavy atom. The lowest BCUT2D eigenvalue weighted by atomic mass is 10.5. The highest BCUT2D eigenvalue weighted by Gasteiger charge is 2.02. The second-order valence-electron chi connectivity index (χ2n) is 1.79. The van der Waals surface area contributed by atoms with Gasteiger partial charge in [0.2, 0.25) is 5.91 Å². The highest BCUT2D eigenvalue weighted by atomic mass is 16.5. The Morgan fingerprint density at radius 1 is 1.67 bits per heavy atom. The van der Waals surface area contributed by atoms with Gasteiger partial charge in [-0.15, -0.1) is 0 Å². The van der Waals surface area contributed by atoms with Gasteiger partial charge in [-0.25, -0.2) is 0 Å². The van der Waals surface area contributed by atoms with Gasteiger partial charge in [-0.2, -0.15) is 0 Å². The zero-order valence-corrected chi connectivity index (χ0v) is 6.18. The van der Waals surface area contributed by atoms with Gasteiger partial charge in [0.25, 0.3) is 0 Å². The van der Waals surface area contributed by atoms with Crippen LogP contribution >= 0.6 is 0 Å². The van der Waals surface area contributed by atoms with E-state index in [1.54, 1.807) is 12.0 Å². The maximum Gasteiger partial charge on any atom is 0.221 e. The predicted octanol–water partition coefficient (Wildman–Crippen LogP) is 0.459. The maximum atomic E-state index is 10.6. The Bertz CT molecular complexity index is 93.1.